The highest BCUT2D eigenvalue weighted by molar-refractivity contribution is 5.83. The van der Waals surface area contributed by atoms with E-state index in [1.54, 1.807) is 24.5 Å². The summed E-state index contributed by atoms with van der Waals surface area (Å²) in [6.07, 6.45) is 1.56. The zero-order chi connectivity index (χ0) is 11.8. The Hall–Kier alpha value is -2.07. The van der Waals surface area contributed by atoms with Gasteiger partial charge in [0, 0.05) is 5.39 Å². The highest BCUT2D eigenvalue weighted by Gasteiger charge is 2.12. The molecule has 3 rings (SSSR count). The number of halogens is 1. The zero-order valence-corrected chi connectivity index (χ0v) is 8.94. The van der Waals surface area contributed by atoms with Crippen molar-refractivity contribution >= 4 is 11.0 Å². The van der Waals surface area contributed by atoms with Crippen molar-refractivity contribution in [3.8, 4) is 11.3 Å². The first-order chi connectivity index (χ1) is 8.28. The van der Waals surface area contributed by atoms with Gasteiger partial charge in [0.25, 0.3) is 0 Å². The van der Waals surface area contributed by atoms with Crippen LogP contribution in [0.4, 0.5) is 4.39 Å². The number of hydrogen-bond acceptors (Lipinski definition) is 3. The SMILES string of the molecule is NCc1occc1-c1cc2cc(F)ccc2o1. The third kappa shape index (κ3) is 1.62. The molecular weight excluding hydrogens is 221 g/mol. The molecule has 0 saturated heterocycles. The highest BCUT2D eigenvalue weighted by atomic mass is 19.1. The average molecular weight is 231 g/mol. The van der Waals surface area contributed by atoms with Crippen molar-refractivity contribution in [3.63, 3.8) is 0 Å². The van der Waals surface area contributed by atoms with Crippen LogP contribution in [0, 0.1) is 5.82 Å². The lowest BCUT2D eigenvalue weighted by atomic mass is 10.2. The van der Waals surface area contributed by atoms with Crippen LogP contribution in [-0.4, -0.2) is 0 Å². The van der Waals surface area contributed by atoms with Crippen LogP contribution in [0.2, 0.25) is 0 Å². The third-order valence-electron chi connectivity index (χ3n) is 2.67. The summed E-state index contributed by atoms with van der Waals surface area (Å²) in [4.78, 5) is 0. The molecule has 2 heterocycles. The van der Waals surface area contributed by atoms with Crippen LogP contribution in [0.25, 0.3) is 22.3 Å². The lowest BCUT2D eigenvalue weighted by Crippen LogP contribution is -1.95. The minimum absolute atomic E-state index is 0.281. The van der Waals surface area contributed by atoms with E-state index in [2.05, 4.69) is 0 Å². The van der Waals surface area contributed by atoms with Crippen LogP contribution >= 0.6 is 0 Å². The fraction of sp³-hybridized carbons (Fsp3) is 0.0769. The van der Waals surface area contributed by atoms with Gasteiger partial charge in [0.1, 0.15) is 22.9 Å². The first-order valence-corrected chi connectivity index (χ1v) is 5.24. The third-order valence-corrected chi connectivity index (χ3v) is 2.67. The van der Waals surface area contributed by atoms with Gasteiger partial charge < -0.3 is 14.6 Å². The highest BCUT2D eigenvalue weighted by Crippen LogP contribution is 2.30. The normalized spacial score (nSPS) is 11.2. The van der Waals surface area contributed by atoms with Gasteiger partial charge in [-0.05, 0) is 30.3 Å². The summed E-state index contributed by atoms with van der Waals surface area (Å²) in [7, 11) is 0. The summed E-state index contributed by atoms with van der Waals surface area (Å²) >= 11 is 0. The minimum atomic E-state index is -0.281. The molecule has 0 fully saturated rings. The van der Waals surface area contributed by atoms with E-state index in [1.807, 2.05) is 0 Å². The molecule has 0 amide bonds. The molecule has 4 heteroatoms. The molecule has 0 saturated carbocycles. The fourth-order valence-corrected chi connectivity index (χ4v) is 1.87. The monoisotopic (exact) mass is 231 g/mol. The number of benzene rings is 1. The Morgan fingerprint density at radius 2 is 2.06 bits per heavy atom. The van der Waals surface area contributed by atoms with Crippen LogP contribution in [0.5, 0.6) is 0 Å². The molecule has 0 aliphatic carbocycles. The summed E-state index contributed by atoms with van der Waals surface area (Å²) in [6.45, 7) is 0.299. The molecule has 0 spiro atoms. The fourth-order valence-electron chi connectivity index (χ4n) is 1.87. The maximum absolute atomic E-state index is 13.1. The number of fused-ring (bicyclic) bond motifs is 1. The molecule has 0 aliphatic heterocycles. The second kappa shape index (κ2) is 3.75. The molecule has 0 aliphatic rings. The van der Waals surface area contributed by atoms with E-state index in [0.717, 1.165) is 10.9 Å². The van der Waals surface area contributed by atoms with Crippen LogP contribution in [0.15, 0.2) is 45.4 Å². The number of nitrogens with two attached hydrogens (primary N) is 1. The summed E-state index contributed by atoms with van der Waals surface area (Å²) in [5.41, 5.74) is 7.01. The standard InChI is InChI=1S/C13H10FNO2/c14-9-1-2-11-8(5-9)6-12(17-11)10-3-4-16-13(10)7-15/h1-6H,7,15H2. The number of furan rings is 2. The largest absolute Gasteiger partial charge is 0.467 e. The molecule has 3 nitrogen and oxygen atoms in total. The maximum Gasteiger partial charge on any atom is 0.138 e. The van der Waals surface area contributed by atoms with Gasteiger partial charge in [0.2, 0.25) is 0 Å². The molecule has 1 aromatic carbocycles. The lowest BCUT2D eigenvalue weighted by Gasteiger charge is -1.94. The van der Waals surface area contributed by atoms with Crippen molar-refractivity contribution in [1.82, 2.24) is 0 Å². The van der Waals surface area contributed by atoms with E-state index in [4.69, 9.17) is 14.6 Å². The van der Waals surface area contributed by atoms with E-state index in [-0.39, 0.29) is 5.82 Å². The molecule has 0 radical (unpaired) electrons. The van der Waals surface area contributed by atoms with E-state index < -0.39 is 0 Å². The van der Waals surface area contributed by atoms with Gasteiger partial charge in [-0.2, -0.15) is 0 Å². The van der Waals surface area contributed by atoms with Crippen molar-refractivity contribution in [1.29, 1.82) is 0 Å². The van der Waals surface area contributed by atoms with Crippen molar-refractivity contribution in [2.45, 2.75) is 6.54 Å². The molecule has 3 aromatic rings. The van der Waals surface area contributed by atoms with Crippen molar-refractivity contribution in [2.75, 3.05) is 0 Å². The summed E-state index contributed by atoms with van der Waals surface area (Å²) in [6, 6.07) is 7.98. The van der Waals surface area contributed by atoms with Gasteiger partial charge in [0.05, 0.1) is 18.4 Å². The predicted molar refractivity (Wildman–Crippen MR) is 61.8 cm³/mol. The molecule has 17 heavy (non-hydrogen) atoms. The number of rotatable bonds is 2. The summed E-state index contributed by atoms with van der Waals surface area (Å²) < 4.78 is 23.9. The van der Waals surface area contributed by atoms with E-state index >= 15 is 0 Å². The molecule has 2 aromatic heterocycles. The van der Waals surface area contributed by atoms with Crippen molar-refractivity contribution in [3.05, 3.63) is 48.2 Å². The number of hydrogen-bond donors (Lipinski definition) is 1. The summed E-state index contributed by atoms with van der Waals surface area (Å²) in [5, 5.41) is 0.726. The lowest BCUT2D eigenvalue weighted by molar-refractivity contribution is 0.511. The Labute approximate surface area is 96.6 Å². The molecule has 0 bridgehead atoms. The first-order valence-electron chi connectivity index (χ1n) is 5.24. The molecule has 0 unspecified atom stereocenters. The van der Waals surface area contributed by atoms with E-state index in [0.29, 0.717) is 23.6 Å². The van der Waals surface area contributed by atoms with Gasteiger partial charge >= 0.3 is 0 Å². The van der Waals surface area contributed by atoms with Crippen LogP contribution in [0.3, 0.4) is 0 Å². The molecule has 86 valence electrons. The van der Waals surface area contributed by atoms with Crippen LogP contribution < -0.4 is 5.73 Å². The van der Waals surface area contributed by atoms with Gasteiger partial charge in [-0.1, -0.05) is 0 Å². The van der Waals surface area contributed by atoms with Crippen molar-refractivity contribution < 1.29 is 13.2 Å². The first kappa shape index (κ1) is 10.1. The minimum Gasteiger partial charge on any atom is -0.467 e. The Morgan fingerprint density at radius 1 is 1.18 bits per heavy atom. The second-order valence-electron chi connectivity index (χ2n) is 3.75. The second-order valence-corrected chi connectivity index (χ2v) is 3.75. The molecule has 0 atom stereocenters. The van der Waals surface area contributed by atoms with Gasteiger partial charge in [0.15, 0.2) is 0 Å². The molecule has 2 N–H and O–H groups in total. The van der Waals surface area contributed by atoms with Crippen LogP contribution in [0.1, 0.15) is 5.76 Å². The van der Waals surface area contributed by atoms with Crippen LogP contribution in [-0.2, 0) is 6.54 Å². The Morgan fingerprint density at radius 3 is 2.88 bits per heavy atom. The zero-order valence-electron chi connectivity index (χ0n) is 8.94. The predicted octanol–water partition coefficient (Wildman–Crippen LogP) is 3.29. The smallest absolute Gasteiger partial charge is 0.138 e. The summed E-state index contributed by atoms with van der Waals surface area (Å²) in [5.74, 6) is 1.01. The quantitative estimate of drug-likeness (QED) is 0.736. The van der Waals surface area contributed by atoms with Gasteiger partial charge in [-0.25, -0.2) is 4.39 Å². The average Bonchev–Trinajstić information content (AvgIpc) is 2.93. The van der Waals surface area contributed by atoms with E-state index in [1.165, 1.54) is 12.1 Å². The Bertz CT molecular complexity index is 669. The van der Waals surface area contributed by atoms with Gasteiger partial charge in [-0.3, -0.25) is 0 Å². The van der Waals surface area contributed by atoms with E-state index in [9.17, 15) is 4.39 Å². The van der Waals surface area contributed by atoms with Gasteiger partial charge in [-0.15, -0.1) is 0 Å². The Balaban J connectivity index is 2.18. The Kier molecular flexibility index (Phi) is 2.23. The molecular formula is C13H10FNO2. The maximum atomic E-state index is 13.1. The topological polar surface area (TPSA) is 52.3 Å². The van der Waals surface area contributed by atoms with Crippen molar-refractivity contribution in [2.24, 2.45) is 5.73 Å².